The molecular formula is C11H12N4O7S2. The Bertz CT molecular complexity index is 930. The molecule has 130 valence electrons. The average Bonchev–Trinajstić information content (AvgIpc) is 2.43. The summed E-state index contributed by atoms with van der Waals surface area (Å²) in [7, 11) is -7.66. The van der Waals surface area contributed by atoms with Crippen LogP contribution in [-0.2, 0) is 25.4 Å². The second-order valence-corrected chi connectivity index (χ2v) is 6.41. The number of carbonyl (C=O) groups excluding carboxylic acids is 1. The fraction of sp³-hybridized carbons (Fsp3) is 0.0909. The lowest BCUT2D eigenvalue weighted by Crippen LogP contribution is -2.22. The quantitative estimate of drug-likeness (QED) is 0.394. The van der Waals surface area contributed by atoms with Gasteiger partial charge in [-0.15, -0.1) is 0 Å². The number of carbonyl (C=O) groups is 1. The topological polar surface area (TPSA) is 192 Å². The van der Waals surface area contributed by atoms with Crippen LogP contribution in [0, 0.1) is 11.3 Å². The van der Waals surface area contributed by atoms with Crippen LogP contribution in [0.25, 0.3) is 6.08 Å². The van der Waals surface area contributed by atoms with Crippen molar-refractivity contribution >= 4 is 32.6 Å². The molecule has 0 spiro atoms. The Labute approximate surface area is 138 Å². The SMILES string of the molecule is CNC(=O)/C(C#N)=C/c1ccc(OS(N)(=O)=O)c(OS(N)(=O)=O)c1. The van der Waals surface area contributed by atoms with E-state index in [4.69, 9.17) is 15.5 Å². The number of amides is 1. The summed E-state index contributed by atoms with van der Waals surface area (Å²) >= 11 is 0. The van der Waals surface area contributed by atoms with Gasteiger partial charge in [-0.05, 0) is 23.8 Å². The van der Waals surface area contributed by atoms with Crippen molar-refractivity contribution in [3.05, 3.63) is 29.3 Å². The Kier molecular flexibility index (Phi) is 5.88. The van der Waals surface area contributed by atoms with Crippen LogP contribution in [-0.4, -0.2) is 29.8 Å². The van der Waals surface area contributed by atoms with Crippen LogP contribution in [0.2, 0.25) is 0 Å². The molecule has 1 aromatic carbocycles. The molecule has 1 rings (SSSR count). The number of benzene rings is 1. The molecule has 0 fully saturated rings. The van der Waals surface area contributed by atoms with Crippen molar-refractivity contribution in [1.29, 1.82) is 5.26 Å². The van der Waals surface area contributed by atoms with Crippen molar-refractivity contribution in [3.8, 4) is 17.6 Å². The molecule has 0 radical (unpaired) electrons. The zero-order valence-corrected chi connectivity index (χ0v) is 13.7. The fourth-order valence-corrected chi connectivity index (χ4v) is 2.22. The highest BCUT2D eigenvalue weighted by molar-refractivity contribution is 7.85. The molecule has 1 amide bonds. The van der Waals surface area contributed by atoms with Gasteiger partial charge in [-0.3, -0.25) is 4.79 Å². The maximum Gasteiger partial charge on any atom is 0.380 e. The summed E-state index contributed by atoms with van der Waals surface area (Å²) in [6.45, 7) is 0. The average molecular weight is 376 g/mol. The summed E-state index contributed by atoms with van der Waals surface area (Å²) in [5.41, 5.74) is -0.158. The number of rotatable bonds is 6. The van der Waals surface area contributed by atoms with E-state index in [1.165, 1.54) is 13.1 Å². The minimum absolute atomic E-state index is 0.135. The summed E-state index contributed by atoms with van der Waals surface area (Å²) in [5.74, 6) is -1.84. The Morgan fingerprint density at radius 3 is 2.17 bits per heavy atom. The standard InChI is InChI=1S/C11H12N4O7S2/c1-15-11(16)8(6-12)4-7-2-3-9(21-23(13,17)18)10(5-7)22-24(14,19)20/h2-5H,1H3,(H,15,16)(H2,13,17,18)(H2,14,19,20)/b8-4+. The molecule has 0 bridgehead atoms. The number of likely N-dealkylation sites (N-methyl/N-ethyl adjacent to an activating group) is 1. The number of nitrogens with two attached hydrogens (primary N) is 2. The third-order valence-corrected chi connectivity index (χ3v) is 3.11. The van der Waals surface area contributed by atoms with Gasteiger partial charge < -0.3 is 13.7 Å². The third-order valence-electron chi connectivity index (χ3n) is 2.28. The van der Waals surface area contributed by atoms with Gasteiger partial charge in [0, 0.05) is 7.05 Å². The highest BCUT2D eigenvalue weighted by Crippen LogP contribution is 2.30. The summed E-state index contributed by atoms with van der Waals surface area (Å²) < 4.78 is 52.8. The van der Waals surface area contributed by atoms with Gasteiger partial charge in [0.25, 0.3) is 5.91 Å². The van der Waals surface area contributed by atoms with Crippen molar-refractivity contribution in [2.75, 3.05) is 7.05 Å². The van der Waals surface area contributed by atoms with Crippen LogP contribution >= 0.6 is 0 Å². The summed E-state index contributed by atoms with van der Waals surface area (Å²) in [5, 5.41) is 20.6. The first-order chi connectivity index (χ1) is 10.9. The molecule has 13 heteroatoms. The number of nitrogens with zero attached hydrogens (tertiary/aromatic N) is 1. The van der Waals surface area contributed by atoms with Crippen molar-refractivity contribution in [2.24, 2.45) is 10.3 Å². The van der Waals surface area contributed by atoms with E-state index in [9.17, 15) is 21.6 Å². The van der Waals surface area contributed by atoms with E-state index in [0.717, 1.165) is 18.2 Å². The van der Waals surface area contributed by atoms with E-state index < -0.39 is 38.0 Å². The Hall–Kier alpha value is -2.66. The molecule has 11 nitrogen and oxygen atoms in total. The Morgan fingerprint density at radius 2 is 1.71 bits per heavy atom. The number of nitriles is 1. The Balaban J connectivity index is 3.43. The molecule has 0 atom stereocenters. The van der Waals surface area contributed by atoms with Gasteiger partial charge in [0.2, 0.25) is 0 Å². The number of hydrogen-bond acceptors (Lipinski definition) is 8. The molecule has 0 aliphatic rings. The fourth-order valence-electron chi connectivity index (χ4n) is 1.45. The zero-order chi connectivity index (χ0) is 18.5. The predicted molar refractivity (Wildman–Crippen MR) is 81.6 cm³/mol. The van der Waals surface area contributed by atoms with Gasteiger partial charge in [-0.25, -0.2) is 0 Å². The van der Waals surface area contributed by atoms with Crippen LogP contribution in [0.4, 0.5) is 0 Å². The van der Waals surface area contributed by atoms with Crippen molar-refractivity contribution in [1.82, 2.24) is 5.32 Å². The summed E-state index contributed by atoms with van der Waals surface area (Å²) in [4.78, 5) is 11.4. The molecular weight excluding hydrogens is 364 g/mol. The first-order valence-corrected chi connectivity index (χ1v) is 8.82. The second kappa shape index (κ2) is 7.27. The molecule has 0 aliphatic heterocycles. The molecule has 0 saturated carbocycles. The molecule has 1 aromatic rings. The van der Waals surface area contributed by atoms with Crippen LogP contribution < -0.4 is 24.0 Å². The van der Waals surface area contributed by atoms with E-state index >= 15 is 0 Å². The van der Waals surface area contributed by atoms with Crippen LogP contribution in [0.1, 0.15) is 5.56 Å². The second-order valence-electron chi connectivity index (χ2n) is 4.11. The van der Waals surface area contributed by atoms with Crippen molar-refractivity contribution in [3.63, 3.8) is 0 Å². The van der Waals surface area contributed by atoms with Gasteiger partial charge in [0.05, 0.1) is 0 Å². The van der Waals surface area contributed by atoms with Gasteiger partial charge in [-0.2, -0.15) is 32.4 Å². The first-order valence-electron chi connectivity index (χ1n) is 5.87. The van der Waals surface area contributed by atoms with Crippen molar-refractivity contribution in [2.45, 2.75) is 0 Å². The molecule has 0 aliphatic carbocycles. The van der Waals surface area contributed by atoms with Gasteiger partial charge in [0.1, 0.15) is 11.6 Å². The predicted octanol–water partition coefficient (Wildman–Crippen LogP) is -1.50. The van der Waals surface area contributed by atoms with Gasteiger partial charge in [0.15, 0.2) is 11.5 Å². The van der Waals surface area contributed by atoms with Crippen LogP contribution in [0.5, 0.6) is 11.5 Å². The first kappa shape index (κ1) is 19.4. The normalized spacial score (nSPS) is 12.2. The lowest BCUT2D eigenvalue weighted by molar-refractivity contribution is -0.116. The molecule has 0 unspecified atom stereocenters. The lowest BCUT2D eigenvalue weighted by atomic mass is 10.1. The number of nitrogens with one attached hydrogen (secondary N) is 1. The summed E-state index contributed by atoms with van der Waals surface area (Å²) in [6.07, 6.45) is 1.11. The van der Waals surface area contributed by atoms with E-state index in [1.807, 2.05) is 0 Å². The smallest absolute Gasteiger partial charge is 0.367 e. The number of hydrogen-bond donors (Lipinski definition) is 3. The van der Waals surface area contributed by atoms with E-state index in [-0.39, 0.29) is 11.1 Å². The maximum atomic E-state index is 11.4. The van der Waals surface area contributed by atoms with Crippen LogP contribution in [0.15, 0.2) is 23.8 Å². The van der Waals surface area contributed by atoms with Gasteiger partial charge >= 0.3 is 20.6 Å². The molecule has 0 aromatic heterocycles. The highest BCUT2D eigenvalue weighted by atomic mass is 32.2. The minimum Gasteiger partial charge on any atom is -0.367 e. The molecule has 5 N–H and O–H groups in total. The summed E-state index contributed by atoms with van der Waals surface area (Å²) in [6, 6.07) is 4.87. The van der Waals surface area contributed by atoms with E-state index in [0.29, 0.717) is 0 Å². The molecule has 24 heavy (non-hydrogen) atoms. The maximum absolute atomic E-state index is 11.4. The largest absolute Gasteiger partial charge is 0.380 e. The molecule has 0 heterocycles. The van der Waals surface area contributed by atoms with Crippen molar-refractivity contribution < 1.29 is 30.0 Å². The lowest BCUT2D eigenvalue weighted by Gasteiger charge is -2.10. The monoisotopic (exact) mass is 376 g/mol. The van der Waals surface area contributed by atoms with Crippen LogP contribution in [0.3, 0.4) is 0 Å². The van der Waals surface area contributed by atoms with Gasteiger partial charge in [-0.1, -0.05) is 6.07 Å². The van der Waals surface area contributed by atoms with E-state index in [1.54, 1.807) is 6.07 Å². The minimum atomic E-state index is -4.51. The Morgan fingerprint density at radius 1 is 1.17 bits per heavy atom. The molecule has 0 saturated heterocycles. The zero-order valence-electron chi connectivity index (χ0n) is 12.1. The van der Waals surface area contributed by atoms with E-state index in [2.05, 4.69) is 13.7 Å². The third kappa shape index (κ3) is 6.22. The highest BCUT2D eigenvalue weighted by Gasteiger charge is 2.17.